The van der Waals surface area contributed by atoms with Gasteiger partial charge in [0.15, 0.2) is 0 Å². The molecule has 0 spiro atoms. The molecule has 1 atom stereocenters. The monoisotopic (exact) mass is 279 g/mol. The van der Waals surface area contributed by atoms with Gasteiger partial charge in [-0.25, -0.2) is 0 Å². The van der Waals surface area contributed by atoms with Crippen LogP contribution >= 0.6 is 0 Å². The Morgan fingerprint density at radius 2 is 1.40 bits per heavy atom. The van der Waals surface area contributed by atoms with Crippen molar-refractivity contribution in [1.29, 1.82) is 0 Å². The zero-order valence-corrected chi connectivity index (χ0v) is 10.9. The maximum absolute atomic E-state index is 13.1. The van der Waals surface area contributed by atoms with Gasteiger partial charge in [-0.15, -0.1) is 0 Å². The van der Waals surface area contributed by atoms with Gasteiger partial charge >= 0.3 is 6.18 Å². The molecule has 1 nitrogen and oxygen atoms in total. The fraction of sp³-hybridized carbons (Fsp3) is 0.250. The van der Waals surface area contributed by atoms with E-state index >= 15 is 0 Å². The molecule has 0 aliphatic heterocycles. The van der Waals surface area contributed by atoms with Crippen molar-refractivity contribution in [1.82, 2.24) is 5.32 Å². The molecule has 1 unspecified atom stereocenters. The van der Waals surface area contributed by atoms with Crippen molar-refractivity contribution in [2.45, 2.75) is 18.6 Å². The predicted molar refractivity (Wildman–Crippen MR) is 73.4 cm³/mol. The first-order chi connectivity index (χ1) is 9.57. The van der Waals surface area contributed by atoms with Gasteiger partial charge < -0.3 is 5.32 Å². The molecule has 0 aromatic heterocycles. The van der Waals surface area contributed by atoms with Crippen molar-refractivity contribution in [3.63, 3.8) is 0 Å². The van der Waals surface area contributed by atoms with Crippen molar-refractivity contribution in [3.05, 3.63) is 71.8 Å². The average Bonchev–Trinajstić information content (AvgIpc) is 2.44. The van der Waals surface area contributed by atoms with E-state index in [9.17, 15) is 13.2 Å². The van der Waals surface area contributed by atoms with E-state index in [-0.39, 0.29) is 12.1 Å². The highest BCUT2D eigenvalue weighted by Crippen LogP contribution is 2.32. The van der Waals surface area contributed by atoms with Gasteiger partial charge in [-0.05, 0) is 17.5 Å². The smallest absolute Gasteiger partial charge is 0.302 e. The van der Waals surface area contributed by atoms with Crippen molar-refractivity contribution in [2.24, 2.45) is 0 Å². The van der Waals surface area contributed by atoms with E-state index in [1.807, 2.05) is 30.3 Å². The predicted octanol–water partition coefficient (Wildman–Crippen LogP) is 4.12. The van der Waals surface area contributed by atoms with E-state index in [1.54, 1.807) is 18.2 Å². The Kier molecular flexibility index (Phi) is 4.79. The van der Waals surface area contributed by atoms with Crippen LogP contribution in [0.4, 0.5) is 13.2 Å². The second-order valence-electron chi connectivity index (χ2n) is 4.58. The van der Waals surface area contributed by atoms with Crippen molar-refractivity contribution in [2.75, 3.05) is 6.54 Å². The Labute approximate surface area is 116 Å². The lowest BCUT2D eigenvalue weighted by Gasteiger charge is -2.22. The van der Waals surface area contributed by atoms with E-state index in [2.05, 4.69) is 5.32 Å². The quantitative estimate of drug-likeness (QED) is 0.868. The zero-order chi connectivity index (χ0) is 14.4. The SMILES string of the molecule is FC(F)(F)C(NCCc1ccccc1)c1ccccc1. The summed E-state index contributed by atoms with van der Waals surface area (Å²) >= 11 is 0. The molecule has 0 bridgehead atoms. The Hall–Kier alpha value is -1.81. The molecule has 2 aromatic rings. The summed E-state index contributed by atoms with van der Waals surface area (Å²) < 4.78 is 39.2. The van der Waals surface area contributed by atoms with Crippen LogP contribution in [0.25, 0.3) is 0 Å². The number of hydrogen-bond donors (Lipinski definition) is 1. The molecule has 0 saturated heterocycles. The lowest BCUT2D eigenvalue weighted by molar-refractivity contribution is -0.157. The first kappa shape index (κ1) is 14.6. The molecule has 20 heavy (non-hydrogen) atoms. The third-order valence-electron chi connectivity index (χ3n) is 3.07. The first-order valence-electron chi connectivity index (χ1n) is 6.46. The van der Waals surface area contributed by atoms with E-state index in [0.29, 0.717) is 6.42 Å². The van der Waals surface area contributed by atoms with Crippen LogP contribution in [0, 0.1) is 0 Å². The van der Waals surface area contributed by atoms with Crippen molar-refractivity contribution in [3.8, 4) is 0 Å². The highest BCUT2D eigenvalue weighted by molar-refractivity contribution is 5.20. The molecule has 4 heteroatoms. The molecular weight excluding hydrogens is 263 g/mol. The minimum absolute atomic E-state index is 0.244. The maximum Gasteiger partial charge on any atom is 0.407 e. The molecule has 1 N–H and O–H groups in total. The molecule has 0 radical (unpaired) electrons. The van der Waals surface area contributed by atoms with Crippen LogP contribution in [0.3, 0.4) is 0 Å². The summed E-state index contributed by atoms with van der Waals surface area (Å²) in [4.78, 5) is 0. The van der Waals surface area contributed by atoms with E-state index in [4.69, 9.17) is 0 Å². The van der Waals surface area contributed by atoms with Crippen LogP contribution in [0.15, 0.2) is 60.7 Å². The molecule has 2 rings (SSSR count). The largest absolute Gasteiger partial charge is 0.407 e. The topological polar surface area (TPSA) is 12.0 Å². The molecule has 0 saturated carbocycles. The van der Waals surface area contributed by atoms with Gasteiger partial charge in [0.2, 0.25) is 0 Å². The average molecular weight is 279 g/mol. The molecule has 0 amide bonds. The summed E-state index contributed by atoms with van der Waals surface area (Å²) in [5.74, 6) is 0. The van der Waals surface area contributed by atoms with Gasteiger partial charge in [-0.3, -0.25) is 0 Å². The Balaban J connectivity index is 1.99. The Morgan fingerprint density at radius 3 is 1.95 bits per heavy atom. The summed E-state index contributed by atoms with van der Waals surface area (Å²) in [6.45, 7) is 0.281. The lowest BCUT2D eigenvalue weighted by Crippen LogP contribution is -2.35. The molecule has 106 valence electrons. The Morgan fingerprint density at radius 1 is 0.850 bits per heavy atom. The highest BCUT2D eigenvalue weighted by Gasteiger charge is 2.40. The van der Waals surface area contributed by atoms with Crippen LogP contribution in [0.1, 0.15) is 17.2 Å². The fourth-order valence-electron chi connectivity index (χ4n) is 2.07. The van der Waals surface area contributed by atoms with Crippen LogP contribution < -0.4 is 5.32 Å². The summed E-state index contributed by atoms with van der Waals surface area (Å²) in [6.07, 6.45) is -3.72. The standard InChI is InChI=1S/C16H16F3N/c17-16(18,19)15(14-9-5-2-6-10-14)20-12-11-13-7-3-1-4-8-13/h1-10,15,20H,11-12H2. The number of alkyl halides is 3. The molecule has 2 aromatic carbocycles. The lowest BCUT2D eigenvalue weighted by atomic mass is 10.1. The minimum Gasteiger partial charge on any atom is -0.302 e. The molecule has 0 aliphatic rings. The van der Waals surface area contributed by atoms with Crippen molar-refractivity contribution < 1.29 is 13.2 Å². The van der Waals surface area contributed by atoms with Crippen LogP contribution in [0.2, 0.25) is 0 Å². The highest BCUT2D eigenvalue weighted by atomic mass is 19.4. The number of rotatable bonds is 5. The summed E-state index contributed by atoms with van der Waals surface area (Å²) in [6, 6.07) is 15.8. The third kappa shape index (κ3) is 4.10. The number of hydrogen-bond acceptors (Lipinski definition) is 1. The van der Waals surface area contributed by atoms with Crippen LogP contribution in [-0.4, -0.2) is 12.7 Å². The number of halogens is 3. The molecule has 0 aliphatic carbocycles. The fourth-order valence-corrected chi connectivity index (χ4v) is 2.07. The van der Waals surface area contributed by atoms with Gasteiger partial charge in [-0.2, -0.15) is 13.2 Å². The molecule has 0 fully saturated rings. The van der Waals surface area contributed by atoms with Crippen LogP contribution in [-0.2, 0) is 6.42 Å². The molecule has 0 heterocycles. The number of nitrogens with one attached hydrogen (secondary N) is 1. The van der Waals surface area contributed by atoms with Gasteiger partial charge in [0.05, 0.1) is 0 Å². The van der Waals surface area contributed by atoms with Gasteiger partial charge in [0, 0.05) is 6.54 Å². The van der Waals surface area contributed by atoms with Crippen molar-refractivity contribution >= 4 is 0 Å². The second kappa shape index (κ2) is 6.57. The van der Waals surface area contributed by atoms with Gasteiger partial charge in [0.25, 0.3) is 0 Å². The van der Waals surface area contributed by atoms with Gasteiger partial charge in [-0.1, -0.05) is 60.7 Å². The first-order valence-corrected chi connectivity index (χ1v) is 6.46. The Bertz CT molecular complexity index is 508. The van der Waals surface area contributed by atoms with E-state index < -0.39 is 12.2 Å². The normalized spacial score (nSPS) is 13.2. The summed E-state index contributed by atoms with van der Waals surface area (Å²) in [5.41, 5.74) is 1.27. The van der Waals surface area contributed by atoms with Crippen LogP contribution in [0.5, 0.6) is 0 Å². The van der Waals surface area contributed by atoms with E-state index in [0.717, 1.165) is 5.56 Å². The maximum atomic E-state index is 13.1. The number of benzene rings is 2. The minimum atomic E-state index is -4.29. The zero-order valence-electron chi connectivity index (χ0n) is 10.9. The van der Waals surface area contributed by atoms with E-state index in [1.165, 1.54) is 12.1 Å². The summed E-state index contributed by atoms with van der Waals surface area (Å²) in [7, 11) is 0. The van der Waals surface area contributed by atoms with Gasteiger partial charge in [0.1, 0.15) is 6.04 Å². The molecular formula is C16H16F3N. The summed E-state index contributed by atoms with van der Waals surface area (Å²) in [5, 5.41) is 2.60. The second-order valence-corrected chi connectivity index (χ2v) is 4.58. The third-order valence-corrected chi connectivity index (χ3v) is 3.07.